The number of sulfonamides is 1. The van der Waals surface area contributed by atoms with Gasteiger partial charge in [0.2, 0.25) is 10.0 Å². The van der Waals surface area contributed by atoms with Crippen LogP contribution in [-0.4, -0.2) is 57.5 Å². The summed E-state index contributed by atoms with van der Waals surface area (Å²) in [6.45, 7) is 2.66. The number of carbonyl (C=O) groups is 2. The normalized spacial score (nSPS) is 19.8. The molecular weight excluding hydrogens is 396 g/mol. The van der Waals surface area contributed by atoms with Gasteiger partial charge < -0.3 is 14.8 Å². The van der Waals surface area contributed by atoms with Crippen LogP contribution < -0.4 is 5.32 Å². The maximum Gasteiger partial charge on any atom is 0.306 e. The van der Waals surface area contributed by atoms with Crippen LogP contribution in [0.4, 0.5) is 5.69 Å². The van der Waals surface area contributed by atoms with Crippen LogP contribution in [0.25, 0.3) is 0 Å². The summed E-state index contributed by atoms with van der Waals surface area (Å²) in [5.41, 5.74) is 1.08. The largest absolute Gasteiger partial charge is 0.456 e. The number of hydrogen-bond donors (Lipinski definition) is 1. The van der Waals surface area contributed by atoms with Crippen molar-refractivity contribution >= 4 is 27.6 Å². The minimum absolute atomic E-state index is 0.102. The SMILES string of the molecule is Cc1ccc(S(=O)(=O)N2CCOCC2)cc1NC(=O)COC(=O)C[C@@H]1C=CCC1. The summed E-state index contributed by atoms with van der Waals surface area (Å²) in [6.07, 6.45) is 6.17. The number of amides is 1. The van der Waals surface area contributed by atoms with Crippen LogP contribution >= 0.6 is 0 Å². The van der Waals surface area contributed by atoms with Gasteiger partial charge in [0.05, 0.1) is 24.5 Å². The maximum absolute atomic E-state index is 12.8. The van der Waals surface area contributed by atoms with Crippen molar-refractivity contribution in [1.29, 1.82) is 0 Å². The Labute approximate surface area is 170 Å². The van der Waals surface area contributed by atoms with Crippen LogP contribution in [0.2, 0.25) is 0 Å². The van der Waals surface area contributed by atoms with E-state index in [1.54, 1.807) is 13.0 Å². The molecule has 1 atom stereocenters. The summed E-state index contributed by atoms with van der Waals surface area (Å²) >= 11 is 0. The van der Waals surface area contributed by atoms with Crippen LogP contribution in [0.5, 0.6) is 0 Å². The Bertz CT molecular complexity index is 890. The van der Waals surface area contributed by atoms with Gasteiger partial charge in [-0.15, -0.1) is 0 Å². The average molecular weight is 423 g/mol. The van der Waals surface area contributed by atoms with Crippen molar-refractivity contribution in [3.05, 3.63) is 35.9 Å². The van der Waals surface area contributed by atoms with Gasteiger partial charge >= 0.3 is 5.97 Å². The Morgan fingerprint density at radius 3 is 2.72 bits per heavy atom. The van der Waals surface area contributed by atoms with Gasteiger partial charge in [0.1, 0.15) is 0 Å². The van der Waals surface area contributed by atoms with Gasteiger partial charge in [0, 0.05) is 18.8 Å². The monoisotopic (exact) mass is 422 g/mol. The number of allylic oxidation sites excluding steroid dienone is 2. The van der Waals surface area contributed by atoms with Crippen LogP contribution in [0.15, 0.2) is 35.2 Å². The van der Waals surface area contributed by atoms with Gasteiger partial charge in [0.15, 0.2) is 6.61 Å². The molecule has 29 heavy (non-hydrogen) atoms. The Kier molecular flexibility index (Phi) is 7.05. The second-order valence-electron chi connectivity index (χ2n) is 7.17. The van der Waals surface area contributed by atoms with Crippen molar-refractivity contribution in [1.82, 2.24) is 4.31 Å². The maximum atomic E-state index is 12.8. The van der Waals surface area contributed by atoms with E-state index in [1.165, 1.54) is 16.4 Å². The third-order valence-corrected chi connectivity index (χ3v) is 6.89. The zero-order valence-corrected chi connectivity index (χ0v) is 17.2. The molecule has 3 rings (SSSR count). The van der Waals surface area contributed by atoms with Crippen molar-refractivity contribution < 1.29 is 27.5 Å². The number of nitrogens with zero attached hydrogens (tertiary/aromatic N) is 1. The fraction of sp³-hybridized carbons (Fsp3) is 0.500. The summed E-state index contributed by atoms with van der Waals surface area (Å²) in [4.78, 5) is 24.1. The first-order valence-electron chi connectivity index (χ1n) is 9.67. The van der Waals surface area contributed by atoms with E-state index >= 15 is 0 Å². The van der Waals surface area contributed by atoms with E-state index < -0.39 is 28.5 Å². The lowest BCUT2D eigenvalue weighted by Gasteiger charge is -2.26. The Morgan fingerprint density at radius 1 is 1.28 bits per heavy atom. The van der Waals surface area contributed by atoms with E-state index in [-0.39, 0.29) is 17.2 Å². The summed E-state index contributed by atoms with van der Waals surface area (Å²) in [5.74, 6) is -0.753. The molecule has 2 aliphatic rings. The van der Waals surface area contributed by atoms with Crippen LogP contribution in [-0.2, 0) is 29.1 Å². The molecule has 0 radical (unpaired) electrons. The van der Waals surface area contributed by atoms with Gasteiger partial charge in [-0.3, -0.25) is 9.59 Å². The van der Waals surface area contributed by atoms with Crippen LogP contribution in [0.3, 0.4) is 0 Å². The second-order valence-corrected chi connectivity index (χ2v) is 9.11. The molecule has 1 fully saturated rings. The number of anilines is 1. The number of carbonyl (C=O) groups excluding carboxylic acids is 2. The molecule has 1 aromatic carbocycles. The molecule has 0 unspecified atom stereocenters. The molecule has 1 aromatic rings. The number of rotatable bonds is 7. The van der Waals surface area contributed by atoms with Crippen molar-refractivity contribution in [3.8, 4) is 0 Å². The van der Waals surface area contributed by atoms with Gasteiger partial charge in [-0.2, -0.15) is 4.31 Å². The topological polar surface area (TPSA) is 102 Å². The number of esters is 1. The third kappa shape index (κ3) is 5.65. The van der Waals surface area contributed by atoms with E-state index in [0.717, 1.165) is 12.8 Å². The first kappa shape index (κ1) is 21.5. The first-order chi connectivity index (χ1) is 13.9. The highest BCUT2D eigenvalue weighted by Crippen LogP contribution is 2.24. The predicted molar refractivity (Wildman–Crippen MR) is 107 cm³/mol. The minimum atomic E-state index is -3.67. The molecule has 9 heteroatoms. The summed E-state index contributed by atoms with van der Waals surface area (Å²) in [6, 6.07) is 4.59. The van der Waals surface area contributed by atoms with E-state index in [9.17, 15) is 18.0 Å². The highest BCUT2D eigenvalue weighted by Gasteiger charge is 2.27. The average Bonchev–Trinajstić information content (AvgIpc) is 3.21. The second kappa shape index (κ2) is 9.51. The zero-order chi connectivity index (χ0) is 20.9. The summed E-state index contributed by atoms with van der Waals surface area (Å²) in [7, 11) is -3.67. The Hall–Kier alpha value is -2.23. The zero-order valence-electron chi connectivity index (χ0n) is 16.4. The molecule has 1 aliphatic carbocycles. The molecule has 1 amide bonds. The van der Waals surface area contributed by atoms with E-state index in [4.69, 9.17) is 9.47 Å². The molecule has 0 aromatic heterocycles. The number of aryl methyl sites for hydroxylation is 1. The molecule has 1 heterocycles. The number of ether oxygens (including phenoxy) is 2. The van der Waals surface area contributed by atoms with Gasteiger partial charge in [0.25, 0.3) is 5.91 Å². The molecule has 158 valence electrons. The Morgan fingerprint density at radius 2 is 2.03 bits per heavy atom. The summed E-state index contributed by atoms with van der Waals surface area (Å²) in [5, 5.41) is 2.64. The van der Waals surface area contributed by atoms with Gasteiger partial charge in [-0.25, -0.2) is 8.42 Å². The molecule has 1 saturated heterocycles. The van der Waals surface area contributed by atoms with Crippen LogP contribution in [0.1, 0.15) is 24.8 Å². The number of benzene rings is 1. The molecule has 1 aliphatic heterocycles. The van der Waals surface area contributed by atoms with E-state index in [2.05, 4.69) is 5.32 Å². The van der Waals surface area contributed by atoms with Crippen molar-refractivity contribution in [3.63, 3.8) is 0 Å². The lowest BCUT2D eigenvalue weighted by Crippen LogP contribution is -2.40. The highest BCUT2D eigenvalue weighted by atomic mass is 32.2. The van der Waals surface area contributed by atoms with E-state index in [1.807, 2.05) is 12.2 Å². The smallest absolute Gasteiger partial charge is 0.306 e. The van der Waals surface area contributed by atoms with Gasteiger partial charge in [-0.05, 0) is 43.4 Å². The van der Waals surface area contributed by atoms with Crippen LogP contribution in [0, 0.1) is 12.8 Å². The minimum Gasteiger partial charge on any atom is -0.456 e. The number of morpholine rings is 1. The fourth-order valence-corrected chi connectivity index (χ4v) is 4.74. The van der Waals surface area contributed by atoms with Crippen molar-refractivity contribution in [2.45, 2.75) is 31.1 Å². The lowest BCUT2D eigenvalue weighted by atomic mass is 10.1. The molecule has 1 N–H and O–H groups in total. The lowest BCUT2D eigenvalue weighted by molar-refractivity contribution is -0.147. The molecule has 8 nitrogen and oxygen atoms in total. The van der Waals surface area contributed by atoms with E-state index in [0.29, 0.717) is 37.6 Å². The summed E-state index contributed by atoms with van der Waals surface area (Å²) < 4.78 is 37.2. The van der Waals surface area contributed by atoms with Crippen molar-refractivity contribution in [2.24, 2.45) is 5.92 Å². The third-order valence-electron chi connectivity index (χ3n) is 5.00. The van der Waals surface area contributed by atoms with Crippen molar-refractivity contribution in [2.75, 3.05) is 38.2 Å². The van der Waals surface area contributed by atoms with Gasteiger partial charge in [-0.1, -0.05) is 18.2 Å². The molecule has 0 bridgehead atoms. The number of nitrogens with one attached hydrogen (secondary N) is 1. The first-order valence-corrected chi connectivity index (χ1v) is 11.1. The quantitative estimate of drug-likeness (QED) is 0.532. The molecular formula is C20H26N2O6S. The Balaban J connectivity index is 1.59. The number of hydrogen-bond acceptors (Lipinski definition) is 6. The fourth-order valence-electron chi connectivity index (χ4n) is 3.30. The highest BCUT2D eigenvalue weighted by molar-refractivity contribution is 7.89. The molecule has 0 spiro atoms. The standard InChI is InChI=1S/C20H26N2O6S/c1-15-6-7-17(29(25,26)22-8-10-27-11-9-22)13-18(15)21-19(23)14-28-20(24)12-16-4-2-3-5-16/h2,4,6-7,13,16H,3,5,8-12,14H2,1H3,(H,21,23)/t16-/m1/s1. The molecule has 0 saturated carbocycles. The predicted octanol–water partition coefficient (Wildman–Crippen LogP) is 1.85.